The van der Waals surface area contributed by atoms with Crippen LogP contribution in [0, 0.1) is 9.39 Å². The molecule has 8 heteroatoms. The third-order valence-electron chi connectivity index (χ3n) is 4.11. The summed E-state index contributed by atoms with van der Waals surface area (Å²) in [5, 5.41) is 4.25. The van der Waals surface area contributed by atoms with Gasteiger partial charge in [0, 0.05) is 34.1 Å². The molecule has 2 aliphatic rings. The van der Waals surface area contributed by atoms with Crippen molar-refractivity contribution in [2.45, 2.75) is 18.5 Å². The number of benzene rings is 1. The first-order chi connectivity index (χ1) is 10.0. The molecule has 0 amide bonds. The zero-order valence-electron chi connectivity index (χ0n) is 10.7. The van der Waals surface area contributed by atoms with Crippen LogP contribution in [-0.2, 0) is 0 Å². The summed E-state index contributed by atoms with van der Waals surface area (Å²) >= 11 is 11.4. The summed E-state index contributed by atoms with van der Waals surface area (Å²) < 4.78 is 15.7. The summed E-state index contributed by atoms with van der Waals surface area (Å²) in [5.41, 5.74) is 0.271. The van der Waals surface area contributed by atoms with Crippen molar-refractivity contribution >= 4 is 66.8 Å². The summed E-state index contributed by atoms with van der Waals surface area (Å²) in [6, 6.07) is 2.79. The predicted molar refractivity (Wildman–Crippen MR) is 92.5 cm³/mol. The van der Waals surface area contributed by atoms with Crippen LogP contribution in [0.15, 0.2) is 10.5 Å². The number of fused-ring (bicyclic) bond motifs is 3. The van der Waals surface area contributed by atoms with Crippen LogP contribution in [0.1, 0.15) is 6.42 Å². The lowest BCUT2D eigenvalue weighted by Crippen LogP contribution is -2.44. The molecule has 3 heterocycles. The van der Waals surface area contributed by atoms with Gasteiger partial charge in [-0.1, -0.05) is 0 Å². The molecule has 2 aromatic rings. The van der Waals surface area contributed by atoms with Gasteiger partial charge in [-0.15, -0.1) is 0 Å². The number of piperazine rings is 1. The topological polar surface area (TPSA) is 41.0 Å². The number of rotatable bonds is 1. The number of hydrogen-bond acceptors (Lipinski definition) is 4. The van der Waals surface area contributed by atoms with Crippen molar-refractivity contribution in [2.75, 3.05) is 18.0 Å². The molecule has 0 unspecified atom stereocenters. The van der Waals surface area contributed by atoms with Crippen molar-refractivity contribution in [1.29, 1.82) is 0 Å². The van der Waals surface area contributed by atoms with Gasteiger partial charge in [-0.2, -0.15) is 4.98 Å². The Hall–Kier alpha value is -0.250. The molecule has 2 saturated heterocycles. The van der Waals surface area contributed by atoms with Gasteiger partial charge in [-0.25, -0.2) is 9.37 Å². The van der Waals surface area contributed by atoms with E-state index in [1.165, 1.54) is 0 Å². The number of halogens is 4. The van der Waals surface area contributed by atoms with Crippen LogP contribution in [0.2, 0.25) is 5.28 Å². The number of anilines is 1. The minimum atomic E-state index is -0.384. The molecule has 0 saturated carbocycles. The van der Waals surface area contributed by atoms with Crippen molar-refractivity contribution in [3.63, 3.8) is 0 Å². The van der Waals surface area contributed by atoms with Crippen LogP contribution >= 0.6 is 50.1 Å². The summed E-state index contributed by atoms with van der Waals surface area (Å²) in [4.78, 5) is 10.7. The lowest BCUT2D eigenvalue weighted by molar-refractivity contribution is 0.577. The molecule has 2 bridgehead atoms. The molecule has 1 aromatic heterocycles. The first kappa shape index (κ1) is 14.3. The lowest BCUT2D eigenvalue weighted by Gasteiger charge is -2.29. The molecule has 4 rings (SSSR count). The normalized spacial score (nSPS) is 24.3. The number of nitrogens with one attached hydrogen (secondary N) is 1. The van der Waals surface area contributed by atoms with E-state index in [2.05, 4.69) is 58.7 Å². The molecular weight excluding hydrogens is 473 g/mol. The smallest absolute Gasteiger partial charge is 0.225 e. The molecule has 0 spiro atoms. The van der Waals surface area contributed by atoms with Gasteiger partial charge in [-0.05, 0) is 62.6 Å². The monoisotopic (exact) mass is 482 g/mol. The Morgan fingerprint density at radius 1 is 1.48 bits per heavy atom. The second-order valence-corrected chi connectivity index (χ2v) is 7.64. The van der Waals surface area contributed by atoms with Crippen molar-refractivity contribution in [1.82, 2.24) is 15.3 Å². The summed E-state index contributed by atoms with van der Waals surface area (Å²) in [7, 11) is 0. The van der Waals surface area contributed by atoms with Gasteiger partial charge in [0.1, 0.15) is 11.3 Å². The highest BCUT2D eigenvalue weighted by Crippen LogP contribution is 2.37. The van der Waals surface area contributed by atoms with Crippen LogP contribution in [0.5, 0.6) is 0 Å². The minimum Gasteiger partial charge on any atom is -0.350 e. The van der Waals surface area contributed by atoms with Crippen molar-refractivity contribution in [3.05, 3.63) is 25.2 Å². The highest BCUT2D eigenvalue weighted by Gasteiger charge is 2.39. The number of aromatic nitrogens is 2. The average molecular weight is 484 g/mol. The molecule has 0 aliphatic carbocycles. The molecule has 2 atom stereocenters. The van der Waals surface area contributed by atoms with E-state index in [0.717, 1.165) is 34.3 Å². The van der Waals surface area contributed by atoms with Crippen molar-refractivity contribution in [2.24, 2.45) is 0 Å². The van der Waals surface area contributed by atoms with Gasteiger partial charge in [0.05, 0.1) is 4.47 Å². The van der Waals surface area contributed by atoms with Crippen LogP contribution in [-0.4, -0.2) is 35.1 Å². The Labute approximate surface area is 147 Å². The Bertz CT molecular complexity index is 759. The lowest BCUT2D eigenvalue weighted by atomic mass is 10.2. The van der Waals surface area contributed by atoms with Gasteiger partial charge in [0.2, 0.25) is 5.28 Å². The van der Waals surface area contributed by atoms with E-state index in [0.29, 0.717) is 16.6 Å². The van der Waals surface area contributed by atoms with Crippen LogP contribution < -0.4 is 10.2 Å². The van der Waals surface area contributed by atoms with Crippen LogP contribution in [0.25, 0.3) is 10.9 Å². The van der Waals surface area contributed by atoms with Gasteiger partial charge < -0.3 is 10.2 Å². The summed E-state index contributed by atoms with van der Waals surface area (Å²) in [5.74, 6) is 0.355. The number of nitrogens with zero attached hydrogens (tertiary/aromatic N) is 3. The standard InChI is InChI=1S/C13H10BrClFIN4/c14-9-8(17)2-7-11(10(9)16)19-13(15)20-12(7)21-4-5-1-6(21)3-18-5/h2,5-6,18H,1,3-4H2/t5-,6-/m0/s1. The van der Waals surface area contributed by atoms with Crippen LogP contribution in [0.4, 0.5) is 10.2 Å². The zero-order chi connectivity index (χ0) is 14.7. The quantitative estimate of drug-likeness (QED) is 0.384. The fourth-order valence-corrected chi connectivity index (χ4v) is 4.18. The van der Waals surface area contributed by atoms with E-state index in [9.17, 15) is 4.39 Å². The van der Waals surface area contributed by atoms with Gasteiger partial charge >= 0.3 is 0 Å². The Morgan fingerprint density at radius 2 is 2.29 bits per heavy atom. The van der Waals surface area contributed by atoms with E-state index in [4.69, 9.17) is 11.6 Å². The molecule has 21 heavy (non-hydrogen) atoms. The fourth-order valence-electron chi connectivity index (χ4n) is 3.17. The minimum absolute atomic E-state index is 0.0836. The van der Waals surface area contributed by atoms with Crippen LogP contribution in [0.3, 0.4) is 0 Å². The van der Waals surface area contributed by atoms with E-state index < -0.39 is 0 Å². The zero-order valence-corrected chi connectivity index (χ0v) is 15.2. The largest absolute Gasteiger partial charge is 0.350 e. The summed E-state index contributed by atoms with van der Waals surface area (Å²) in [6.07, 6.45) is 1.10. The molecule has 2 fully saturated rings. The van der Waals surface area contributed by atoms with Crippen molar-refractivity contribution < 1.29 is 4.39 Å². The Balaban J connectivity index is 1.96. The Morgan fingerprint density at radius 3 is 2.95 bits per heavy atom. The average Bonchev–Trinajstić information content (AvgIpc) is 3.08. The maximum absolute atomic E-state index is 14.5. The third-order valence-corrected chi connectivity index (χ3v) is 6.64. The summed E-state index contributed by atoms with van der Waals surface area (Å²) in [6.45, 7) is 1.81. The highest BCUT2D eigenvalue weighted by molar-refractivity contribution is 14.1. The Kier molecular flexibility index (Phi) is 3.51. The molecule has 4 nitrogen and oxygen atoms in total. The predicted octanol–water partition coefficient (Wildman–Crippen LogP) is 3.34. The molecule has 110 valence electrons. The second kappa shape index (κ2) is 5.14. The van der Waals surface area contributed by atoms with E-state index in [-0.39, 0.29) is 16.6 Å². The first-order valence-corrected chi connectivity index (χ1v) is 8.80. The fraction of sp³-hybridized carbons (Fsp3) is 0.385. The van der Waals surface area contributed by atoms with E-state index >= 15 is 0 Å². The van der Waals surface area contributed by atoms with Gasteiger partial charge in [0.25, 0.3) is 0 Å². The van der Waals surface area contributed by atoms with E-state index in [1.54, 1.807) is 0 Å². The third kappa shape index (κ3) is 2.24. The molecular formula is C13H10BrClFIN4. The molecule has 2 aliphatic heterocycles. The van der Waals surface area contributed by atoms with Crippen molar-refractivity contribution in [3.8, 4) is 0 Å². The molecule has 1 aromatic carbocycles. The maximum Gasteiger partial charge on any atom is 0.225 e. The molecule has 0 radical (unpaired) electrons. The molecule has 1 N–H and O–H groups in total. The second-order valence-electron chi connectivity index (χ2n) is 5.35. The first-order valence-electron chi connectivity index (χ1n) is 6.55. The maximum atomic E-state index is 14.5. The number of hydrogen-bond donors (Lipinski definition) is 1. The van der Waals surface area contributed by atoms with Gasteiger partial charge in [0.15, 0.2) is 5.82 Å². The van der Waals surface area contributed by atoms with Gasteiger partial charge in [-0.3, -0.25) is 0 Å². The SMILES string of the molecule is Fc1c(Br)c(I)cc2c(N3C[C@@H]4C[C@H]3CN4)nc(Cl)nc12. The highest BCUT2D eigenvalue weighted by atomic mass is 127. The van der Waals surface area contributed by atoms with E-state index in [1.807, 2.05) is 6.07 Å².